The maximum absolute atomic E-state index is 12.0. The van der Waals surface area contributed by atoms with Crippen molar-refractivity contribution in [3.8, 4) is 0 Å². The van der Waals surface area contributed by atoms with E-state index in [0.29, 0.717) is 12.3 Å². The number of hydrogen-bond acceptors (Lipinski definition) is 5. The van der Waals surface area contributed by atoms with Crippen LogP contribution in [0.25, 0.3) is 21.8 Å². The lowest BCUT2D eigenvalue weighted by Crippen LogP contribution is -2.10. The number of H-pyrrole nitrogens is 1. The molecule has 0 aliphatic carbocycles. The van der Waals surface area contributed by atoms with Gasteiger partial charge in [0.25, 0.3) is 0 Å². The molecule has 0 aliphatic heterocycles. The second kappa shape index (κ2) is 14.0. The maximum Gasteiger partial charge on any atom is 0.357 e. The summed E-state index contributed by atoms with van der Waals surface area (Å²) in [6.07, 6.45) is 6.48. The SMILES string of the molecule is CCCOC(=O)c1ncc2[nH]c3ccccc3c2c1C.CCCOCCC.CS. The van der Waals surface area contributed by atoms with Crippen molar-refractivity contribution in [2.75, 3.05) is 26.1 Å². The Morgan fingerprint density at radius 2 is 1.62 bits per heavy atom. The number of carbonyl (C=O) groups excluding carboxylic acids is 1. The third kappa shape index (κ3) is 7.05. The van der Waals surface area contributed by atoms with E-state index in [1.165, 1.54) is 0 Å². The van der Waals surface area contributed by atoms with Gasteiger partial charge in [0, 0.05) is 29.5 Å². The van der Waals surface area contributed by atoms with Gasteiger partial charge in [-0.3, -0.25) is 0 Å². The van der Waals surface area contributed by atoms with Crippen LogP contribution >= 0.6 is 12.6 Å². The third-order valence-corrected chi connectivity index (χ3v) is 4.12. The Morgan fingerprint density at radius 1 is 1.00 bits per heavy atom. The van der Waals surface area contributed by atoms with E-state index in [0.717, 1.165) is 59.8 Å². The Bertz CT molecular complexity index is 873. The molecule has 0 atom stereocenters. The van der Waals surface area contributed by atoms with E-state index in [9.17, 15) is 4.79 Å². The first-order chi connectivity index (χ1) is 14.1. The highest BCUT2D eigenvalue weighted by molar-refractivity contribution is 7.79. The number of aryl methyl sites for hydroxylation is 1. The third-order valence-electron chi connectivity index (χ3n) is 4.12. The summed E-state index contributed by atoms with van der Waals surface area (Å²) in [5.41, 5.74) is 3.25. The first-order valence-electron chi connectivity index (χ1n) is 10.2. The number of aromatic amines is 1. The topological polar surface area (TPSA) is 64.2 Å². The molecule has 29 heavy (non-hydrogen) atoms. The number of pyridine rings is 1. The van der Waals surface area contributed by atoms with Gasteiger partial charge in [-0.2, -0.15) is 12.6 Å². The number of fused-ring (bicyclic) bond motifs is 3. The second-order valence-electron chi connectivity index (χ2n) is 6.44. The highest BCUT2D eigenvalue weighted by Gasteiger charge is 2.17. The number of benzene rings is 1. The Morgan fingerprint density at radius 3 is 2.24 bits per heavy atom. The molecule has 0 bridgehead atoms. The van der Waals surface area contributed by atoms with Gasteiger partial charge in [-0.25, -0.2) is 9.78 Å². The van der Waals surface area contributed by atoms with Gasteiger partial charge in [-0.05, 0) is 44.1 Å². The van der Waals surface area contributed by atoms with Gasteiger partial charge in [0.1, 0.15) is 0 Å². The molecule has 3 rings (SSSR count). The van der Waals surface area contributed by atoms with Crippen molar-refractivity contribution in [1.29, 1.82) is 0 Å². The van der Waals surface area contributed by atoms with Gasteiger partial charge in [0.2, 0.25) is 0 Å². The van der Waals surface area contributed by atoms with E-state index in [4.69, 9.17) is 9.47 Å². The molecule has 1 aromatic carbocycles. The van der Waals surface area contributed by atoms with E-state index in [1.54, 1.807) is 12.5 Å². The number of hydrogen-bond donors (Lipinski definition) is 2. The van der Waals surface area contributed by atoms with Gasteiger partial charge in [0.05, 0.1) is 18.3 Å². The number of nitrogens with one attached hydrogen (secondary N) is 1. The summed E-state index contributed by atoms with van der Waals surface area (Å²) in [7, 11) is 0. The van der Waals surface area contributed by atoms with E-state index in [2.05, 4.69) is 36.4 Å². The van der Waals surface area contributed by atoms with Gasteiger partial charge in [-0.1, -0.05) is 39.0 Å². The Kier molecular flexibility index (Phi) is 12.1. The molecule has 2 aromatic heterocycles. The average molecular weight is 419 g/mol. The summed E-state index contributed by atoms with van der Waals surface area (Å²) >= 11 is 3.53. The molecule has 0 aliphatic rings. The molecular weight excluding hydrogens is 384 g/mol. The second-order valence-corrected chi connectivity index (χ2v) is 6.44. The predicted octanol–water partition coefficient (Wildman–Crippen LogP) is 5.96. The van der Waals surface area contributed by atoms with Gasteiger partial charge in [-0.15, -0.1) is 0 Å². The zero-order chi connectivity index (χ0) is 21.6. The summed E-state index contributed by atoms with van der Waals surface area (Å²) in [4.78, 5) is 19.6. The quantitative estimate of drug-likeness (QED) is 0.282. The van der Waals surface area contributed by atoms with Crippen LogP contribution in [-0.2, 0) is 9.47 Å². The smallest absolute Gasteiger partial charge is 0.357 e. The standard InChI is InChI=1S/C16H16N2O2.C6H14O.CH4S/c1-3-8-20-16(19)15-10(2)14-11-6-4-5-7-12(11)18-13(14)9-17-15;1-3-5-7-6-4-2;1-2/h4-7,9,18H,3,8H2,1-2H3;3-6H2,1-2H3;2H,1H3. The lowest BCUT2D eigenvalue weighted by molar-refractivity contribution is 0.0497. The van der Waals surface area contributed by atoms with Crippen LogP contribution in [-0.4, -0.2) is 42.0 Å². The molecule has 1 N–H and O–H groups in total. The summed E-state index contributed by atoms with van der Waals surface area (Å²) in [5.74, 6) is -0.350. The number of aromatic nitrogens is 2. The fourth-order valence-corrected chi connectivity index (χ4v) is 2.87. The minimum atomic E-state index is -0.350. The van der Waals surface area contributed by atoms with Crippen molar-refractivity contribution in [3.63, 3.8) is 0 Å². The van der Waals surface area contributed by atoms with Crippen LogP contribution < -0.4 is 0 Å². The minimum absolute atomic E-state index is 0.350. The molecule has 0 radical (unpaired) electrons. The Labute approximate surface area is 179 Å². The van der Waals surface area contributed by atoms with Crippen LogP contribution in [0, 0.1) is 6.92 Å². The predicted molar refractivity (Wildman–Crippen MR) is 125 cm³/mol. The van der Waals surface area contributed by atoms with Gasteiger partial charge < -0.3 is 14.5 Å². The normalized spacial score (nSPS) is 10.1. The van der Waals surface area contributed by atoms with Crippen LogP contribution in [0.3, 0.4) is 0 Å². The number of thiol groups is 1. The lowest BCUT2D eigenvalue weighted by atomic mass is 10.1. The van der Waals surface area contributed by atoms with Crippen molar-refractivity contribution >= 4 is 40.4 Å². The minimum Gasteiger partial charge on any atom is -0.461 e. The number of para-hydroxylation sites is 1. The Hall–Kier alpha value is -2.05. The number of ether oxygens (including phenoxy) is 2. The van der Waals surface area contributed by atoms with Crippen LogP contribution in [0.2, 0.25) is 0 Å². The Balaban J connectivity index is 0.000000399. The molecule has 0 saturated heterocycles. The number of esters is 1. The summed E-state index contributed by atoms with van der Waals surface area (Å²) in [6, 6.07) is 8.04. The first-order valence-corrected chi connectivity index (χ1v) is 11.1. The molecule has 6 heteroatoms. The molecule has 0 amide bonds. The van der Waals surface area contributed by atoms with Crippen LogP contribution in [0.15, 0.2) is 30.5 Å². The first kappa shape index (κ1) is 25.0. The maximum atomic E-state index is 12.0. The zero-order valence-corrected chi connectivity index (χ0v) is 19.1. The highest BCUT2D eigenvalue weighted by Crippen LogP contribution is 2.28. The average Bonchev–Trinajstić information content (AvgIpc) is 3.14. The van der Waals surface area contributed by atoms with Crippen LogP contribution in [0.5, 0.6) is 0 Å². The lowest BCUT2D eigenvalue weighted by Gasteiger charge is -2.06. The largest absolute Gasteiger partial charge is 0.461 e. The molecule has 0 fully saturated rings. The van der Waals surface area contributed by atoms with Gasteiger partial charge >= 0.3 is 5.97 Å². The van der Waals surface area contributed by atoms with Crippen molar-refractivity contribution in [2.24, 2.45) is 0 Å². The number of rotatable bonds is 7. The van der Waals surface area contributed by atoms with Crippen molar-refractivity contribution in [1.82, 2.24) is 9.97 Å². The molecule has 160 valence electrons. The molecule has 3 aromatic rings. The van der Waals surface area contributed by atoms with Crippen LogP contribution in [0.1, 0.15) is 56.1 Å². The molecule has 5 nitrogen and oxygen atoms in total. The van der Waals surface area contributed by atoms with E-state index in [-0.39, 0.29) is 5.97 Å². The fourth-order valence-electron chi connectivity index (χ4n) is 2.87. The molecular formula is C23H34N2O3S. The molecule has 0 spiro atoms. The summed E-state index contributed by atoms with van der Waals surface area (Å²) in [5, 5.41) is 2.14. The number of nitrogens with zero attached hydrogens (tertiary/aromatic N) is 1. The van der Waals surface area contributed by atoms with E-state index in [1.807, 2.05) is 38.1 Å². The molecule has 0 unspecified atom stereocenters. The highest BCUT2D eigenvalue weighted by atomic mass is 32.1. The van der Waals surface area contributed by atoms with Crippen molar-refractivity contribution < 1.29 is 14.3 Å². The van der Waals surface area contributed by atoms with E-state index < -0.39 is 0 Å². The summed E-state index contributed by atoms with van der Waals surface area (Å²) < 4.78 is 10.3. The summed E-state index contributed by atoms with van der Waals surface area (Å²) in [6.45, 7) is 10.4. The van der Waals surface area contributed by atoms with E-state index >= 15 is 0 Å². The fraction of sp³-hybridized carbons (Fsp3) is 0.478. The monoisotopic (exact) mass is 418 g/mol. The number of carbonyl (C=O) groups is 1. The molecule has 2 heterocycles. The molecule has 0 saturated carbocycles. The van der Waals surface area contributed by atoms with Crippen molar-refractivity contribution in [2.45, 2.75) is 47.0 Å². The van der Waals surface area contributed by atoms with Crippen LogP contribution in [0.4, 0.5) is 0 Å². The van der Waals surface area contributed by atoms with Crippen molar-refractivity contribution in [3.05, 3.63) is 41.7 Å². The van der Waals surface area contributed by atoms with Gasteiger partial charge in [0.15, 0.2) is 5.69 Å². The zero-order valence-electron chi connectivity index (χ0n) is 18.2.